The summed E-state index contributed by atoms with van der Waals surface area (Å²) in [5.74, 6) is 2.23. The Morgan fingerprint density at radius 2 is 2.04 bits per heavy atom. The molecule has 2 amide bonds. The fourth-order valence-electron chi connectivity index (χ4n) is 3.54. The monoisotopic (exact) mass is 350 g/mol. The number of nitrogens with zero attached hydrogens (tertiary/aromatic N) is 5. The van der Waals surface area contributed by atoms with Gasteiger partial charge in [0, 0.05) is 45.2 Å². The van der Waals surface area contributed by atoms with Crippen molar-refractivity contribution in [2.75, 3.05) is 39.4 Å². The van der Waals surface area contributed by atoms with E-state index in [9.17, 15) is 4.79 Å². The van der Waals surface area contributed by atoms with Gasteiger partial charge in [-0.25, -0.2) is 4.79 Å². The van der Waals surface area contributed by atoms with Gasteiger partial charge < -0.3 is 19.5 Å². The predicted octanol–water partition coefficient (Wildman–Crippen LogP) is 0.945. The van der Waals surface area contributed by atoms with Crippen LogP contribution in [0.25, 0.3) is 0 Å². The van der Waals surface area contributed by atoms with Crippen LogP contribution in [0.3, 0.4) is 0 Å². The Labute approximate surface area is 149 Å². The zero-order valence-corrected chi connectivity index (χ0v) is 15.6. The Balaban J connectivity index is 1.64. The number of carbonyl (C=O) groups is 1. The summed E-state index contributed by atoms with van der Waals surface area (Å²) in [6, 6.07) is 0.179. The van der Waals surface area contributed by atoms with Crippen molar-refractivity contribution in [2.24, 2.45) is 7.05 Å². The molecule has 3 rings (SSSR count). The van der Waals surface area contributed by atoms with Gasteiger partial charge in [0.15, 0.2) is 0 Å². The van der Waals surface area contributed by atoms with E-state index in [2.05, 4.69) is 25.0 Å². The second-order valence-corrected chi connectivity index (χ2v) is 7.31. The third-order valence-electron chi connectivity index (χ3n) is 4.95. The molecule has 2 aliphatic heterocycles. The molecule has 0 saturated carbocycles. The number of ether oxygens (including phenoxy) is 1. The van der Waals surface area contributed by atoms with E-state index in [4.69, 9.17) is 4.74 Å². The second kappa shape index (κ2) is 8.14. The van der Waals surface area contributed by atoms with E-state index >= 15 is 0 Å². The van der Waals surface area contributed by atoms with Gasteiger partial charge in [0.25, 0.3) is 0 Å². The lowest BCUT2D eigenvalue weighted by Crippen LogP contribution is -2.47. The topological polar surface area (TPSA) is 75.5 Å². The van der Waals surface area contributed by atoms with Gasteiger partial charge in [-0.15, -0.1) is 10.2 Å². The summed E-state index contributed by atoms with van der Waals surface area (Å²) >= 11 is 0. The molecular formula is C17H30N6O2. The molecule has 1 aromatic rings. The largest absolute Gasteiger partial charge is 0.379 e. The fraction of sp³-hybridized carbons (Fsp3) is 0.824. The maximum absolute atomic E-state index is 12.3. The van der Waals surface area contributed by atoms with Crippen molar-refractivity contribution in [1.82, 2.24) is 29.9 Å². The minimum atomic E-state index is 0.0235. The van der Waals surface area contributed by atoms with E-state index in [0.717, 1.165) is 63.9 Å². The van der Waals surface area contributed by atoms with Crippen LogP contribution in [0.1, 0.15) is 44.3 Å². The number of nitrogens with one attached hydrogen (secondary N) is 1. The van der Waals surface area contributed by atoms with Gasteiger partial charge in [-0.2, -0.15) is 0 Å². The average Bonchev–Trinajstić information content (AvgIpc) is 2.96. The number of morpholine rings is 1. The maximum atomic E-state index is 12.3. The number of aromatic nitrogens is 3. The molecule has 2 aliphatic rings. The van der Waals surface area contributed by atoms with Gasteiger partial charge in [-0.3, -0.25) is 4.90 Å². The number of amides is 2. The Bertz CT molecular complexity index is 582. The van der Waals surface area contributed by atoms with Gasteiger partial charge in [-0.05, 0) is 26.7 Å². The third kappa shape index (κ3) is 4.49. The zero-order valence-electron chi connectivity index (χ0n) is 15.6. The van der Waals surface area contributed by atoms with Crippen LogP contribution in [-0.2, 0) is 18.3 Å². The van der Waals surface area contributed by atoms with E-state index in [0.29, 0.717) is 6.54 Å². The molecule has 0 aromatic carbocycles. The van der Waals surface area contributed by atoms with Crippen molar-refractivity contribution in [3.05, 3.63) is 11.6 Å². The lowest BCUT2D eigenvalue weighted by molar-refractivity contribution is 0.0326. The van der Waals surface area contributed by atoms with Gasteiger partial charge in [0.05, 0.1) is 19.8 Å². The summed E-state index contributed by atoms with van der Waals surface area (Å²) in [6.45, 7) is 9.75. The van der Waals surface area contributed by atoms with Crippen molar-refractivity contribution in [3.8, 4) is 0 Å². The number of rotatable bonds is 4. The van der Waals surface area contributed by atoms with Crippen LogP contribution in [0.2, 0.25) is 0 Å². The molecule has 140 valence electrons. The fourth-order valence-corrected chi connectivity index (χ4v) is 3.54. The minimum absolute atomic E-state index is 0.0235. The smallest absolute Gasteiger partial charge is 0.317 e. The Morgan fingerprint density at radius 3 is 2.76 bits per heavy atom. The summed E-state index contributed by atoms with van der Waals surface area (Å²) in [7, 11) is 2.04. The minimum Gasteiger partial charge on any atom is -0.379 e. The summed E-state index contributed by atoms with van der Waals surface area (Å²) < 4.78 is 7.52. The Kier molecular flexibility index (Phi) is 5.90. The quantitative estimate of drug-likeness (QED) is 0.875. The van der Waals surface area contributed by atoms with Crippen LogP contribution in [0.15, 0.2) is 0 Å². The molecular weight excluding hydrogens is 320 g/mol. The van der Waals surface area contributed by atoms with E-state index in [1.807, 2.05) is 25.8 Å². The predicted molar refractivity (Wildman–Crippen MR) is 94.3 cm³/mol. The highest BCUT2D eigenvalue weighted by Gasteiger charge is 2.29. The van der Waals surface area contributed by atoms with Gasteiger partial charge in [-0.1, -0.05) is 0 Å². The first-order chi connectivity index (χ1) is 12.0. The highest BCUT2D eigenvalue weighted by molar-refractivity contribution is 5.74. The highest BCUT2D eigenvalue weighted by Crippen LogP contribution is 2.26. The van der Waals surface area contributed by atoms with Crippen LogP contribution in [0, 0.1) is 0 Å². The van der Waals surface area contributed by atoms with Gasteiger partial charge in [0.1, 0.15) is 11.6 Å². The second-order valence-electron chi connectivity index (χ2n) is 7.31. The van der Waals surface area contributed by atoms with Crippen LogP contribution >= 0.6 is 0 Å². The third-order valence-corrected chi connectivity index (χ3v) is 4.95. The lowest BCUT2D eigenvalue weighted by atomic mass is 9.97. The van der Waals surface area contributed by atoms with Crippen LogP contribution in [0.5, 0.6) is 0 Å². The van der Waals surface area contributed by atoms with Crippen LogP contribution < -0.4 is 5.32 Å². The summed E-state index contributed by atoms with van der Waals surface area (Å²) in [4.78, 5) is 16.5. The van der Waals surface area contributed by atoms with Crippen molar-refractivity contribution in [2.45, 2.75) is 45.2 Å². The molecule has 8 nitrogen and oxygen atoms in total. The molecule has 0 radical (unpaired) electrons. The first kappa shape index (κ1) is 18.1. The molecule has 3 heterocycles. The number of piperidine rings is 1. The normalized spacial score (nSPS) is 22.4. The number of urea groups is 1. The molecule has 1 unspecified atom stereocenters. The maximum Gasteiger partial charge on any atom is 0.317 e. The highest BCUT2D eigenvalue weighted by atomic mass is 16.5. The van der Waals surface area contributed by atoms with Crippen molar-refractivity contribution < 1.29 is 9.53 Å². The van der Waals surface area contributed by atoms with E-state index in [-0.39, 0.29) is 18.0 Å². The summed E-state index contributed by atoms with van der Waals surface area (Å²) in [6.07, 6.45) is 2.05. The van der Waals surface area contributed by atoms with E-state index in [1.54, 1.807) is 0 Å². The standard InChI is InChI=1S/C17H30N6O2/c1-13(2)18-17(24)23-6-4-5-14(11-23)16-20-19-15(21(16)3)12-22-7-9-25-10-8-22/h13-14H,4-12H2,1-3H3,(H,18,24). The summed E-state index contributed by atoms with van der Waals surface area (Å²) in [5.41, 5.74) is 0. The summed E-state index contributed by atoms with van der Waals surface area (Å²) in [5, 5.41) is 11.9. The number of hydrogen-bond acceptors (Lipinski definition) is 5. The first-order valence-corrected chi connectivity index (χ1v) is 9.28. The number of likely N-dealkylation sites (tertiary alicyclic amines) is 1. The molecule has 0 aliphatic carbocycles. The van der Waals surface area contributed by atoms with Crippen molar-refractivity contribution in [3.63, 3.8) is 0 Å². The lowest BCUT2D eigenvalue weighted by Gasteiger charge is -2.33. The number of carbonyl (C=O) groups excluding carboxylic acids is 1. The average molecular weight is 350 g/mol. The van der Waals surface area contributed by atoms with Gasteiger partial charge >= 0.3 is 6.03 Å². The Morgan fingerprint density at radius 1 is 1.28 bits per heavy atom. The van der Waals surface area contributed by atoms with E-state index in [1.165, 1.54) is 0 Å². The van der Waals surface area contributed by atoms with Gasteiger partial charge in [0.2, 0.25) is 0 Å². The van der Waals surface area contributed by atoms with Crippen LogP contribution in [-0.4, -0.2) is 76.0 Å². The SMILES string of the molecule is CC(C)NC(=O)N1CCCC(c2nnc(CN3CCOCC3)n2C)C1. The van der Waals surface area contributed by atoms with Crippen molar-refractivity contribution in [1.29, 1.82) is 0 Å². The molecule has 2 saturated heterocycles. The molecule has 1 aromatic heterocycles. The Hall–Kier alpha value is -1.67. The first-order valence-electron chi connectivity index (χ1n) is 9.28. The molecule has 2 fully saturated rings. The van der Waals surface area contributed by atoms with E-state index < -0.39 is 0 Å². The van der Waals surface area contributed by atoms with Crippen LogP contribution in [0.4, 0.5) is 4.79 Å². The number of hydrogen-bond donors (Lipinski definition) is 1. The molecule has 25 heavy (non-hydrogen) atoms. The molecule has 1 N–H and O–H groups in total. The van der Waals surface area contributed by atoms with Crippen molar-refractivity contribution >= 4 is 6.03 Å². The molecule has 0 spiro atoms. The molecule has 8 heteroatoms. The molecule has 0 bridgehead atoms. The molecule has 1 atom stereocenters. The zero-order chi connectivity index (χ0) is 17.8.